The van der Waals surface area contributed by atoms with Gasteiger partial charge in [0.15, 0.2) is 0 Å². The predicted molar refractivity (Wildman–Crippen MR) is 80.5 cm³/mol. The van der Waals surface area contributed by atoms with Crippen LogP contribution in [0.25, 0.3) is 0 Å². The third kappa shape index (κ3) is 7.00. The molecule has 0 amide bonds. The molecule has 0 radical (unpaired) electrons. The van der Waals surface area contributed by atoms with Crippen molar-refractivity contribution in [2.75, 3.05) is 0 Å². The minimum Gasteiger partial charge on any atom is -0.278 e. The summed E-state index contributed by atoms with van der Waals surface area (Å²) in [6, 6.07) is 0. The average molecular weight is 269 g/mol. The molecular weight excluding hydrogens is 242 g/mol. The normalized spacial score (nSPS) is 10.9. The second kappa shape index (κ2) is 10.4. The molecule has 1 heterocycles. The van der Waals surface area contributed by atoms with Crippen molar-refractivity contribution in [3.63, 3.8) is 0 Å². The molecular formula is C15H27NOS. The Morgan fingerprint density at radius 2 is 1.50 bits per heavy atom. The molecule has 2 nitrogen and oxygen atoms in total. The van der Waals surface area contributed by atoms with Crippen LogP contribution in [0.15, 0.2) is 10.2 Å². The highest BCUT2D eigenvalue weighted by atomic mass is 32.1. The smallest absolute Gasteiger partial charge is 0.261 e. The Morgan fingerprint density at radius 1 is 0.944 bits per heavy atom. The van der Waals surface area contributed by atoms with Gasteiger partial charge >= 0.3 is 0 Å². The fraction of sp³-hybridized carbons (Fsp3) is 0.800. The third-order valence-electron chi connectivity index (χ3n) is 3.44. The van der Waals surface area contributed by atoms with Crippen molar-refractivity contribution in [1.29, 1.82) is 0 Å². The highest BCUT2D eigenvalue weighted by Gasteiger charge is 1.99. The van der Waals surface area contributed by atoms with E-state index in [9.17, 15) is 4.79 Å². The topological polar surface area (TPSA) is 32.9 Å². The van der Waals surface area contributed by atoms with Crippen LogP contribution >= 0.6 is 11.5 Å². The number of nitrogens with one attached hydrogen (secondary N) is 1. The molecule has 0 fully saturated rings. The summed E-state index contributed by atoms with van der Waals surface area (Å²) in [7, 11) is 0. The molecule has 0 aliphatic carbocycles. The van der Waals surface area contributed by atoms with Crippen LogP contribution in [0, 0.1) is 0 Å². The second-order valence-corrected chi connectivity index (χ2v) is 5.80. The van der Waals surface area contributed by atoms with Gasteiger partial charge < -0.3 is 0 Å². The Bertz CT molecular complexity index is 342. The van der Waals surface area contributed by atoms with Crippen molar-refractivity contribution in [2.24, 2.45) is 0 Å². The lowest BCUT2D eigenvalue weighted by Gasteiger charge is -2.01. The van der Waals surface area contributed by atoms with E-state index >= 15 is 0 Å². The minimum atomic E-state index is 0.121. The van der Waals surface area contributed by atoms with E-state index < -0.39 is 0 Å². The molecule has 104 valence electrons. The van der Waals surface area contributed by atoms with Gasteiger partial charge in [-0.15, -0.1) is 0 Å². The van der Waals surface area contributed by atoms with Crippen LogP contribution in [-0.4, -0.2) is 4.37 Å². The Morgan fingerprint density at radius 3 is 2.00 bits per heavy atom. The van der Waals surface area contributed by atoms with E-state index in [4.69, 9.17) is 0 Å². The Hall–Kier alpha value is -0.570. The number of aromatic nitrogens is 1. The molecule has 0 aromatic carbocycles. The summed E-state index contributed by atoms with van der Waals surface area (Å²) in [5.41, 5.74) is 1.09. The zero-order valence-electron chi connectivity index (χ0n) is 11.7. The molecule has 0 atom stereocenters. The molecule has 3 heteroatoms. The third-order valence-corrected chi connectivity index (χ3v) is 4.15. The monoisotopic (exact) mass is 269 g/mol. The molecule has 1 aromatic rings. The molecule has 0 aliphatic rings. The Balaban J connectivity index is 1.84. The summed E-state index contributed by atoms with van der Waals surface area (Å²) in [6.07, 6.45) is 14.4. The zero-order valence-corrected chi connectivity index (χ0v) is 12.5. The van der Waals surface area contributed by atoms with Crippen molar-refractivity contribution < 1.29 is 0 Å². The summed E-state index contributed by atoms with van der Waals surface area (Å²) in [5.74, 6) is 0. The van der Waals surface area contributed by atoms with Crippen molar-refractivity contribution >= 4 is 11.5 Å². The quantitative estimate of drug-likeness (QED) is 0.569. The highest BCUT2D eigenvalue weighted by Crippen LogP contribution is 2.11. The molecule has 1 rings (SSSR count). The van der Waals surface area contributed by atoms with E-state index in [0.29, 0.717) is 0 Å². The van der Waals surface area contributed by atoms with Crippen molar-refractivity contribution in [3.05, 3.63) is 21.3 Å². The van der Waals surface area contributed by atoms with Gasteiger partial charge in [-0.05, 0) is 12.8 Å². The van der Waals surface area contributed by atoms with E-state index in [2.05, 4.69) is 11.3 Å². The number of aromatic amines is 1. The van der Waals surface area contributed by atoms with Gasteiger partial charge in [0.25, 0.3) is 5.56 Å². The van der Waals surface area contributed by atoms with Crippen LogP contribution in [0.5, 0.6) is 0 Å². The van der Waals surface area contributed by atoms with Crippen molar-refractivity contribution in [3.8, 4) is 0 Å². The molecule has 0 aliphatic heterocycles. The molecule has 18 heavy (non-hydrogen) atoms. The molecule has 1 aromatic heterocycles. The summed E-state index contributed by atoms with van der Waals surface area (Å²) in [5, 5.41) is 1.95. The van der Waals surface area contributed by atoms with Gasteiger partial charge in [0, 0.05) is 10.9 Å². The molecule has 0 bridgehead atoms. The molecule has 1 N–H and O–H groups in total. The van der Waals surface area contributed by atoms with E-state index in [1.165, 1.54) is 69.3 Å². The SMILES string of the molecule is CCCCCCCCCCCCc1cs[nH]c1=O. The first-order valence-corrected chi connectivity index (χ1v) is 8.37. The number of aryl methyl sites for hydroxylation is 1. The van der Waals surface area contributed by atoms with E-state index in [1.807, 2.05) is 5.38 Å². The number of hydrogen-bond acceptors (Lipinski definition) is 2. The first-order chi connectivity index (χ1) is 8.84. The van der Waals surface area contributed by atoms with Gasteiger partial charge in [0.1, 0.15) is 0 Å². The number of rotatable bonds is 11. The average Bonchev–Trinajstić information content (AvgIpc) is 2.77. The van der Waals surface area contributed by atoms with Crippen molar-refractivity contribution in [1.82, 2.24) is 4.37 Å². The lowest BCUT2D eigenvalue weighted by Crippen LogP contribution is -2.04. The number of unbranched alkanes of at least 4 members (excludes halogenated alkanes) is 9. The van der Waals surface area contributed by atoms with E-state index in [-0.39, 0.29) is 5.56 Å². The largest absolute Gasteiger partial charge is 0.278 e. The van der Waals surface area contributed by atoms with Crippen LogP contribution in [0.4, 0.5) is 0 Å². The molecule has 0 saturated heterocycles. The van der Waals surface area contributed by atoms with Gasteiger partial charge in [-0.2, -0.15) is 0 Å². The second-order valence-electron chi connectivity index (χ2n) is 5.12. The van der Waals surface area contributed by atoms with Gasteiger partial charge in [-0.1, -0.05) is 76.2 Å². The maximum Gasteiger partial charge on any atom is 0.261 e. The molecule has 0 saturated carbocycles. The first kappa shape index (κ1) is 15.5. The van der Waals surface area contributed by atoms with Gasteiger partial charge in [0.05, 0.1) is 0 Å². The summed E-state index contributed by atoms with van der Waals surface area (Å²) < 4.78 is 2.74. The number of H-pyrrole nitrogens is 1. The van der Waals surface area contributed by atoms with Gasteiger partial charge in [-0.3, -0.25) is 9.17 Å². The summed E-state index contributed by atoms with van der Waals surface area (Å²) in [4.78, 5) is 11.3. The Labute approximate surface area is 115 Å². The minimum absolute atomic E-state index is 0.121. The molecule has 0 spiro atoms. The van der Waals surface area contributed by atoms with E-state index in [1.54, 1.807) is 0 Å². The summed E-state index contributed by atoms with van der Waals surface area (Å²) in [6.45, 7) is 2.26. The maximum absolute atomic E-state index is 11.3. The van der Waals surface area contributed by atoms with Crippen LogP contribution < -0.4 is 5.56 Å². The van der Waals surface area contributed by atoms with Crippen LogP contribution in [0.2, 0.25) is 0 Å². The lowest BCUT2D eigenvalue weighted by molar-refractivity contribution is 0.556. The van der Waals surface area contributed by atoms with Crippen LogP contribution in [0.3, 0.4) is 0 Å². The first-order valence-electron chi connectivity index (χ1n) is 7.49. The Kier molecular flexibility index (Phi) is 8.92. The van der Waals surface area contributed by atoms with Gasteiger partial charge in [0.2, 0.25) is 0 Å². The highest BCUT2D eigenvalue weighted by molar-refractivity contribution is 7.03. The van der Waals surface area contributed by atoms with Crippen LogP contribution in [-0.2, 0) is 6.42 Å². The number of hydrogen-bond donors (Lipinski definition) is 1. The summed E-state index contributed by atoms with van der Waals surface area (Å²) >= 11 is 1.41. The predicted octanol–water partition coefficient (Wildman–Crippen LogP) is 4.90. The lowest BCUT2D eigenvalue weighted by atomic mass is 10.0. The van der Waals surface area contributed by atoms with Crippen LogP contribution in [0.1, 0.15) is 76.7 Å². The fourth-order valence-corrected chi connectivity index (χ4v) is 2.91. The molecule has 0 unspecified atom stereocenters. The van der Waals surface area contributed by atoms with E-state index in [0.717, 1.165) is 18.4 Å². The fourth-order valence-electron chi connectivity index (χ4n) is 2.25. The van der Waals surface area contributed by atoms with Crippen molar-refractivity contribution in [2.45, 2.75) is 77.6 Å². The van der Waals surface area contributed by atoms with Gasteiger partial charge in [-0.25, -0.2) is 0 Å². The standard InChI is InChI=1S/C15H27NOS/c1-2-3-4-5-6-7-8-9-10-11-12-14-13-18-16-15(14)17/h13H,2-12H2,1H3,(H,16,17). The maximum atomic E-state index is 11.3. The zero-order chi connectivity index (χ0) is 13.1.